The van der Waals surface area contributed by atoms with E-state index < -0.39 is 29.2 Å². The molecule has 2 aliphatic rings. The number of aliphatic carboxylic acids is 1. The van der Waals surface area contributed by atoms with Crippen molar-refractivity contribution in [2.24, 2.45) is 5.16 Å². The molecule has 2 aromatic heterocycles. The summed E-state index contributed by atoms with van der Waals surface area (Å²) >= 11 is 2.38. The van der Waals surface area contributed by atoms with Crippen LogP contribution in [0.5, 0.6) is 11.5 Å². The minimum Gasteiger partial charge on any atom is -0.543 e. The van der Waals surface area contributed by atoms with Crippen molar-refractivity contribution in [3.63, 3.8) is 0 Å². The molecular weight excluding hydrogens is 560 g/mol. The van der Waals surface area contributed by atoms with Crippen LogP contribution in [0.15, 0.2) is 58.9 Å². The Morgan fingerprint density at radius 1 is 1.38 bits per heavy atom. The number of H-pyrrole nitrogens is 1. The second-order valence-corrected chi connectivity index (χ2v) is 10.8. The van der Waals surface area contributed by atoms with Gasteiger partial charge in [-0.1, -0.05) is 17.8 Å². The lowest BCUT2D eigenvalue weighted by atomic mass is 9.98. The molecule has 0 radical (unpaired) electrons. The number of benzene rings is 1. The second kappa shape index (κ2) is 10.9. The number of carbonyl (C=O) groups excluding carboxylic acids is 3. The zero-order chi connectivity index (χ0) is 28.6. The molecule has 2 aliphatic heterocycles. The summed E-state index contributed by atoms with van der Waals surface area (Å²) in [6.45, 7) is 3.55. The molecule has 0 spiro atoms. The number of fused-ring (bicyclic) bond motifs is 2. The number of hydrogen-bond acceptors (Lipinski definition) is 12. The van der Waals surface area contributed by atoms with Crippen LogP contribution in [0.1, 0.15) is 11.4 Å². The van der Waals surface area contributed by atoms with Gasteiger partial charge in [-0.3, -0.25) is 14.5 Å². The highest BCUT2D eigenvalue weighted by Crippen LogP contribution is 2.41. The van der Waals surface area contributed by atoms with E-state index in [-0.39, 0.29) is 52.5 Å². The number of aromatic amines is 1. The number of β-lactam (4-membered cyclic amide) rings is 1. The predicted octanol–water partition coefficient (Wildman–Crippen LogP) is -0.343. The Kier molecular flexibility index (Phi) is 7.32. The zero-order valence-electron chi connectivity index (χ0n) is 20.6. The first-order chi connectivity index (χ1) is 19.2. The van der Waals surface area contributed by atoms with E-state index in [9.17, 15) is 29.7 Å². The molecule has 0 saturated carbocycles. The Hall–Kier alpha value is -4.63. The van der Waals surface area contributed by atoms with Crippen molar-refractivity contribution in [2.45, 2.75) is 17.8 Å². The Morgan fingerprint density at radius 2 is 2.15 bits per heavy atom. The van der Waals surface area contributed by atoms with Gasteiger partial charge in [0, 0.05) is 17.2 Å². The van der Waals surface area contributed by atoms with Crippen molar-refractivity contribution in [1.82, 2.24) is 15.2 Å². The summed E-state index contributed by atoms with van der Waals surface area (Å²) in [7, 11) is 0. The molecule has 2 atom stereocenters. The number of carboxylic acids is 1. The van der Waals surface area contributed by atoms with Gasteiger partial charge in [0.1, 0.15) is 23.7 Å². The lowest BCUT2D eigenvalue weighted by molar-refractivity contribution is -0.387. The smallest absolute Gasteiger partial charge is 0.276 e. The number of aromatic hydroxyl groups is 2. The summed E-state index contributed by atoms with van der Waals surface area (Å²) in [6.07, 6.45) is 3.17. The predicted molar refractivity (Wildman–Crippen MR) is 144 cm³/mol. The highest BCUT2D eigenvalue weighted by atomic mass is 32.2. The van der Waals surface area contributed by atoms with E-state index in [1.807, 2.05) is 0 Å². The summed E-state index contributed by atoms with van der Waals surface area (Å²) in [5.41, 5.74) is 6.35. The molecule has 1 unspecified atom stereocenters. The maximum Gasteiger partial charge on any atom is 0.276 e. The Labute approximate surface area is 234 Å². The molecule has 0 bridgehead atoms. The number of hydrogen-bond donors (Lipinski definition) is 4. The number of nitrogens with one attached hydrogen (secondary N) is 2. The van der Waals surface area contributed by atoms with Crippen molar-refractivity contribution in [3.8, 4) is 11.5 Å². The van der Waals surface area contributed by atoms with Crippen LogP contribution in [0, 0.1) is 0 Å². The lowest BCUT2D eigenvalue weighted by Crippen LogP contribution is -2.71. The van der Waals surface area contributed by atoms with E-state index in [1.165, 1.54) is 35.4 Å². The van der Waals surface area contributed by atoms with Gasteiger partial charge in [-0.25, -0.2) is 9.97 Å². The topological polar surface area (TPSA) is 205 Å². The molecule has 6 N–H and O–H groups in total. The van der Waals surface area contributed by atoms with Crippen LogP contribution >= 0.6 is 23.1 Å². The van der Waals surface area contributed by atoms with Crippen LogP contribution in [-0.4, -0.2) is 67.4 Å². The molecule has 1 fully saturated rings. The maximum atomic E-state index is 13.1. The van der Waals surface area contributed by atoms with Gasteiger partial charge in [0.15, 0.2) is 34.2 Å². The fourth-order valence-electron chi connectivity index (χ4n) is 4.43. The Bertz CT molecular complexity index is 1620. The van der Waals surface area contributed by atoms with Gasteiger partial charge in [-0.15, -0.1) is 23.1 Å². The highest BCUT2D eigenvalue weighted by molar-refractivity contribution is 8.00. The van der Waals surface area contributed by atoms with Crippen LogP contribution in [0.2, 0.25) is 0 Å². The molecule has 0 aliphatic carbocycles. The average Bonchev–Trinajstić information content (AvgIpc) is 3.35. The number of thioether (sulfide) groups is 1. The number of anilines is 1. The van der Waals surface area contributed by atoms with Crippen LogP contribution < -0.4 is 21.1 Å². The highest BCUT2D eigenvalue weighted by Gasteiger charge is 2.53. The normalized spacial score (nSPS) is 18.8. The fourth-order valence-corrected chi connectivity index (χ4v) is 6.33. The van der Waals surface area contributed by atoms with E-state index in [0.717, 1.165) is 16.2 Å². The van der Waals surface area contributed by atoms with Crippen molar-refractivity contribution in [1.29, 1.82) is 0 Å². The second-order valence-electron chi connectivity index (χ2n) is 8.76. The van der Waals surface area contributed by atoms with Crippen LogP contribution in [-0.2, 0) is 25.6 Å². The molecule has 4 heterocycles. The first kappa shape index (κ1) is 27.0. The molecule has 40 heavy (non-hydrogen) atoms. The number of carbonyl (C=O) groups is 3. The minimum atomic E-state index is -1.53. The summed E-state index contributed by atoms with van der Waals surface area (Å²) < 4.78 is 0. The summed E-state index contributed by atoms with van der Waals surface area (Å²) in [4.78, 5) is 51.7. The number of nitrogens with two attached hydrogens (primary N) is 1. The van der Waals surface area contributed by atoms with Crippen molar-refractivity contribution < 1.29 is 39.5 Å². The number of rotatable bonds is 9. The summed E-state index contributed by atoms with van der Waals surface area (Å²) in [6, 6.07) is 3.44. The number of phenols is 2. The van der Waals surface area contributed by atoms with Gasteiger partial charge in [-0.2, -0.15) is 0 Å². The quantitative estimate of drug-likeness (QED) is 0.0645. The largest absolute Gasteiger partial charge is 0.543 e. The molecule has 3 aromatic rings. The first-order valence-electron chi connectivity index (χ1n) is 11.8. The number of pyridine rings is 1. The molecule has 1 aromatic carbocycles. The molecular formula is C25H22N6O7S2. The van der Waals surface area contributed by atoms with Crippen molar-refractivity contribution in [2.75, 3.05) is 18.1 Å². The standard InChI is InChI=1S/C25H22N6O7S2/c1-2-5-38-30-18(15-10-40-25(26)28-15)21(34)29-19-22(35)31-20(24(36)37)12(9-39-23(19)31)6-14-13-8-17(33)16(32)7-11(13)3-4-27-14/h2-4,7-8,10,19,23,32-33H,1,5-6,9H2,(H2,26,28)(H,29,34)(H,36,37)/b30-18-/t19?,23-/m1/s1. The van der Waals surface area contributed by atoms with Crippen molar-refractivity contribution >= 4 is 62.5 Å². The van der Waals surface area contributed by atoms with E-state index in [0.29, 0.717) is 22.0 Å². The molecule has 5 rings (SSSR count). The zero-order valence-corrected chi connectivity index (χ0v) is 22.3. The fraction of sp³-hybridized carbons (Fsp3) is 0.200. The van der Waals surface area contributed by atoms with Gasteiger partial charge in [-0.05, 0) is 23.1 Å². The lowest BCUT2D eigenvalue weighted by Gasteiger charge is -2.50. The average molecular weight is 583 g/mol. The van der Waals surface area contributed by atoms with Crippen LogP contribution in [0.3, 0.4) is 0 Å². The molecule has 15 heteroatoms. The van der Waals surface area contributed by atoms with Crippen LogP contribution in [0.4, 0.5) is 5.13 Å². The first-order valence-corrected chi connectivity index (χ1v) is 13.7. The number of amides is 2. The van der Waals surface area contributed by atoms with Crippen molar-refractivity contribution in [3.05, 3.63) is 65.1 Å². The van der Waals surface area contributed by atoms with E-state index in [2.05, 4.69) is 27.0 Å². The van der Waals surface area contributed by atoms with Crippen LogP contribution in [0.25, 0.3) is 10.8 Å². The summed E-state index contributed by atoms with van der Waals surface area (Å²) in [5.74, 6) is -3.28. The third kappa shape index (κ3) is 4.91. The third-order valence-corrected chi connectivity index (χ3v) is 8.25. The molecule has 13 nitrogen and oxygen atoms in total. The number of nitrogens with zero attached hydrogens (tertiary/aromatic N) is 3. The molecule has 2 amide bonds. The number of carboxylic acid groups (broad SMARTS) is 1. The maximum absolute atomic E-state index is 13.1. The van der Waals surface area contributed by atoms with Gasteiger partial charge in [0.2, 0.25) is 0 Å². The number of thiazole rings is 1. The molecule has 1 saturated heterocycles. The third-order valence-electron chi connectivity index (χ3n) is 6.24. The molecule has 206 valence electrons. The Balaban J connectivity index is 1.39. The van der Waals surface area contributed by atoms with Gasteiger partial charge >= 0.3 is 0 Å². The van der Waals surface area contributed by atoms with E-state index in [1.54, 1.807) is 12.3 Å². The number of phenolic OH excluding ortho intramolecular Hbond substituents is 2. The van der Waals surface area contributed by atoms with Gasteiger partial charge in [0.05, 0.1) is 23.5 Å². The SMILES string of the molecule is C=CCO/N=C(\C(=O)NC1C(=O)N2C(C(=O)[O-])=C(Cc3[nH+]ccc4cc(O)c(O)cc34)CS[C@H]12)c1csc(N)n1. The Morgan fingerprint density at radius 3 is 2.85 bits per heavy atom. The number of nitrogen functional groups attached to an aromatic ring is 1. The van der Waals surface area contributed by atoms with E-state index >= 15 is 0 Å². The monoisotopic (exact) mass is 582 g/mol. The number of oxime groups is 1. The van der Waals surface area contributed by atoms with E-state index in [4.69, 9.17) is 10.6 Å². The van der Waals surface area contributed by atoms with Gasteiger partial charge in [0.25, 0.3) is 11.8 Å². The minimum absolute atomic E-state index is 0.0302. The van der Waals surface area contributed by atoms with Gasteiger partial charge < -0.3 is 36.0 Å². The summed E-state index contributed by atoms with van der Waals surface area (Å²) in [5, 5.41) is 40.7. The number of aromatic nitrogens is 2.